The van der Waals surface area contributed by atoms with Gasteiger partial charge in [0.25, 0.3) is 0 Å². The van der Waals surface area contributed by atoms with Gasteiger partial charge in [0.15, 0.2) is 0 Å². The number of thiophene rings is 1. The third kappa shape index (κ3) is 2.50. The largest absolute Gasteiger partial charge is 0.326 e. The Balaban J connectivity index is 1.95. The third-order valence-electron chi connectivity index (χ3n) is 3.19. The van der Waals surface area contributed by atoms with Gasteiger partial charge in [0.2, 0.25) is 0 Å². The van der Waals surface area contributed by atoms with Crippen LogP contribution < -0.4 is 5.73 Å². The van der Waals surface area contributed by atoms with E-state index in [1.165, 1.54) is 12.1 Å². The molecule has 0 aliphatic rings. The minimum absolute atomic E-state index is 0.252. The molecule has 0 spiro atoms. The molecule has 0 fully saturated rings. The zero-order chi connectivity index (χ0) is 13.9. The normalized spacial score (nSPS) is 10.9. The summed E-state index contributed by atoms with van der Waals surface area (Å²) < 4.78 is 15.3. The van der Waals surface area contributed by atoms with E-state index < -0.39 is 0 Å². The van der Waals surface area contributed by atoms with Crippen LogP contribution in [0.15, 0.2) is 48.1 Å². The Morgan fingerprint density at radius 1 is 1.25 bits per heavy atom. The molecule has 5 heteroatoms. The van der Waals surface area contributed by atoms with Crippen molar-refractivity contribution in [3.8, 4) is 10.7 Å². The third-order valence-corrected chi connectivity index (χ3v) is 4.05. The zero-order valence-corrected chi connectivity index (χ0v) is 11.6. The summed E-state index contributed by atoms with van der Waals surface area (Å²) in [7, 11) is 0. The van der Waals surface area contributed by atoms with Crippen LogP contribution in [-0.2, 0) is 13.1 Å². The summed E-state index contributed by atoms with van der Waals surface area (Å²) in [6.45, 7) is 0.968. The van der Waals surface area contributed by atoms with E-state index in [9.17, 15) is 4.39 Å². The Hall–Kier alpha value is -1.98. The fraction of sp³-hybridized carbons (Fsp3) is 0.133. The number of hydrogen-bond donors (Lipinski definition) is 1. The van der Waals surface area contributed by atoms with Crippen molar-refractivity contribution in [1.29, 1.82) is 0 Å². The first-order chi connectivity index (χ1) is 9.78. The van der Waals surface area contributed by atoms with Gasteiger partial charge in [0.05, 0.1) is 4.88 Å². The molecular weight excluding hydrogens is 273 g/mol. The van der Waals surface area contributed by atoms with Crippen LogP contribution in [0, 0.1) is 5.82 Å². The van der Waals surface area contributed by atoms with Crippen molar-refractivity contribution >= 4 is 11.3 Å². The van der Waals surface area contributed by atoms with Gasteiger partial charge in [-0.25, -0.2) is 9.37 Å². The first-order valence-electron chi connectivity index (χ1n) is 6.30. The van der Waals surface area contributed by atoms with Crippen LogP contribution in [0.2, 0.25) is 0 Å². The van der Waals surface area contributed by atoms with Gasteiger partial charge in [-0.05, 0) is 34.7 Å². The lowest BCUT2D eigenvalue weighted by Gasteiger charge is -2.11. The van der Waals surface area contributed by atoms with Gasteiger partial charge in [-0.15, -0.1) is 11.3 Å². The van der Waals surface area contributed by atoms with E-state index in [0.717, 1.165) is 21.8 Å². The van der Waals surface area contributed by atoms with Crippen molar-refractivity contribution in [1.82, 2.24) is 9.55 Å². The molecule has 3 rings (SSSR count). The number of benzene rings is 1. The Morgan fingerprint density at radius 3 is 2.90 bits per heavy atom. The summed E-state index contributed by atoms with van der Waals surface area (Å²) in [5, 5.41) is 2.03. The van der Waals surface area contributed by atoms with Crippen molar-refractivity contribution in [3.63, 3.8) is 0 Å². The second-order valence-corrected chi connectivity index (χ2v) is 5.42. The molecule has 0 amide bonds. The van der Waals surface area contributed by atoms with E-state index in [0.29, 0.717) is 13.1 Å². The smallest absolute Gasteiger partial charge is 0.150 e. The van der Waals surface area contributed by atoms with E-state index in [1.54, 1.807) is 23.6 Å². The summed E-state index contributed by atoms with van der Waals surface area (Å²) in [6, 6.07) is 8.79. The lowest BCUT2D eigenvalue weighted by Crippen LogP contribution is -2.07. The maximum atomic E-state index is 13.2. The average Bonchev–Trinajstić information content (AvgIpc) is 3.11. The van der Waals surface area contributed by atoms with Crippen molar-refractivity contribution in [3.05, 3.63) is 65.0 Å². The fourth-order valence-corrected chi connectivity index (χ4v) is 2.93. The molecule has 0 saturated heterocycles. The molecular formula is C15H14FN3S. The molecule has 102 valence electrons. The number of rotatable bonds is 4. The molecule has 1 aromatic carbocycles. The Morgan fingerprint density at radius 2 is 2.15 bits per heavy atom. The lowest BCUT2D eigenvalue weighted by molar-refractivity contribution is 0.623. The molecule has 0 saturated carbocycles. The highest BCUT2D eigenvalue weighted by Crippen LogP contribution is 2.24. The Kier molecular flexibility index (Phi) is 3.62. The Bertz CT molecular complexity index is 704. The molecule has 3 nitrogen and oxygen atoms in total. The van der Waals surface area contributed by atoms with Crippen LogP contribution in [0.3, 0.4) is 0 Å². The molecule has 0 unspecified atom stereocenters. The van der Waals surface area contributed by atoms with Crippen molar-refractivity contribution in [2.24, 2.45) is 5.73 Å². The summed E-state index contributed by atoms with van der Waals surface area (Å²) >= 11 is 1.65. The first kappa shape index (κ1) is 13.0. The topological polar surface area (TPSA) is 43.8 Å². The number of halogens is 1. The average molecular weight is 287 g/mol. The van der Waals surface area contributed by atoms with Gasteiger partial charge in [0.1, 0.15) is 11.6 Å². The van der Waals surface area contributed by atoms with E-state index >= 15 is 0 Å². The van der Waals surface area contributed by atoms with Crippen LogP contribution in [0.5, 0.6) is 0 Å². The van der Waals surface area contributed by atoms with E-state index in [1.807, 2.05) is 23.7 Å². The molecule has 20 heavy (non-hydrogen) atoms. The van der Waals surface area contributed by atoms with E-state index in [-0.39, 0.29) is 5.82 Å². The molecule has 0 aliphatic carbocycles. The highest BCUT2D eigenvalue weighted by Gasteiger charge is 2.09. The lowest BCUT2D eigenvalue weighted by atomic mass is 10.1. The van der Waals surface area contributed by atoms with Crippen molar-refractivity contribution in [2.45, 2.75) is 13.1 Å². The number of hydrogen-bond acceptors (Lipinski definition) is 3. The molecule has 3 aromatic rings. The molecule has 2 N–H and O–H groups in total. The first-order valence-corrected chi connectivity index (χ1v) is 7.18. The van der Waals surface area contributed by atoms with Crippen LogP contribution in [0.4, 0.5) is 4.39 Å². The van der Waals surface area contributed by atoms with Gasteiger partial charge < -0.3 is 10.3 Å². The molecule has 2 heterocycles. The summed E-state index contributed by atoms with van der Waals surface area (Å²) in [4.78, 5) is 5.51. The summed E-state index contributed by atoms with van der Waals surface area (Å²) in [5.41, 5.74) is 7.54. The van der Waals surface area contributed by atoms with Crippen LogP contribution in [0.25, 0.3) is 10.7 Å². The van der Waals surface area contributed by atoms with E-state index in [2.05, 4.69) is 9.55 Å². The van der Waals surface area contributed by atoms with Gasteiger partial charge >= 0.3 is 0 Å². The SMILES string of the molecule is NCc1cc(F)ccc1Cn1ccnc1-c1cccs1. The second-order valence-electron chi connectivity index (χ2n) is 4.47. The maximum absolute atomic E-state index is 13.2. The van der Waals surface area contributed by atoms with Crippen LogP contribution >= 0.6 is 11.3 Å². The highest BCUT2D eigenvalue weighted by molar-refractivity contribution is 7.13. The van der Waals surface area contributed by atoms with E-state index in [4.69, 9.17) is 5.73 Å². The predicted octanol–water partition coefficient (Wildman–Crippen LogP) is 3.26. The zero-order valence-electron chi connectivity index (χ0n) is 10.8. The monoisotopic (exact) mass is 287 g/mol. The van der Waals surface area contributed by atoms with Crippen molar-refractivity contribution in [2.75, 3.05) is 0 Å². The number of nitrogens with zero attached hydrogens (tertiary/aromatic N) is 2. The van der Waals surface area contributed by atoms with Gasteiger partial charge in [-0.3, -0.25) is 0 Å². The fourth-order valence-electron chi connectivity index (χ4n) is 2.19. The summed E-state index contributed by atoms with van der Waals surface area (Å²) in [6.07, 6.45) is 3.71. The molecule has 0 bridgehead atoms. The second kappa shape index (κ2) is 5.56. The summed E-state index contributed by atoms with van der Waals surface area (Å²) in [5.74, 6) is 0.672. The maximum Gasteiger partial charge on any atom is 0.150 e. The van der Waals surface area contributed by atoms with Gasteiger partial charge in [-0.1, -0.05) is 12.1 Å². The quantitative estimate of drug-likeness (QED) is 0.800. The molecule has 0 radical (unpaired) electrons. The highest BCUT2D eigenvalue weighted by atomic mass is 32.1. The minimum atomic E-state index is -0.252. The number of imidazole rings is 1. The molecule has 0 aliphatic heterocycles. The van der Waals surface area contributed by atoms with Crippen LogP contribution in [0.1, 0.15) is 11.1 Å². The van der Waals surface area contributed by atoms with Gasteiger partial charge in [0, 0.05) is 25.5 Å². The Labute approximate surface area is 120 Å². The number of nitrogens with two attached hydrogens (primary N) is 1. The minimum Gasteiger partial charge on any atom is -0.326 e. The predicted molar refractivity (Wildman–Crippen MR) is 78.9 cm³/mol. The number of aromatic nitrogens is 2. The molecule has 2 aromatic heterocycles. The van der Waals surface area contributed by atoms with Crippen LogP contribution in [-0.4, -0.2) is 9.55 Å². The van der Waals surface area contributed by atoms with Crippen molar-refractivity contribution < 1.29 is 4.39 Å². The molecule has 0 atom stereocenters. The standard InChI is InChI=1S/C15H14FN3S/c16-13-4-3-11(12(8-13)9-17)10-19-6-5-18-15(19)14-2-1-7-20-14/h1-8H,9-10,17H2. The van der Waals surface area contributed by atoms with Gasteiger partial charge in [-0.2, -0.15) is 0 Å².